The van der Waals surface area contributed by atoms with Crippen LogP contribution in [-0.2, 0) is 28.7 Å². The number of benzene rings is 3. The van der Waals surface area contributed by atoms with Crippen LogP contribution in [0.1, 0.15) is 32.7 Å². The second kappa shape index (κ2) is 12.9. The highest BCUT2D eigenvalue weighted by Gasteiger charge is 2.33. The van der Waals surface area contributed by atoms with E-state index in [2.05, 4.69) is 20.6 Å². The lowest BCUT2D eigenvalue weighted by atomic mass is 9.98. The molecule has 0 aliphatic carbocycles. The largest absolute Gasteiger partial charge is 0.416 e. The molecule has 0 unspecified atom stereocenters. The summed E-state index contributed by atoms with van der Waals surface area (Å²) in [6.07, 6.45) is -4.39. The molecule has 2 aromatic heterocycles. The van der Waals surface area contributed by atoms with E-state index in [4.69, 9.17) is 11.5 Å². The number of amides is 2. The number of alkyl halides is 3. The van der Waals surface area contributed by atoms with Crippen LogP contribution in [0.15, 0.2) is 78.2 Å². The van der Waals surface area contributed by atoms with Crippen LogP contribution in [0.4, 0.5) is 24.3 Å². The van der Waals surface area contributed by atoms with Gasteiger partial charge in [0.05, 0.1) is 34.9 Å². The number of ketones is 1. The van der Waals surface area contributed by atoms with Gasteiger partial charge in [-0.25, -0.2) is 9.97 Å². The Morgan fingerprint density at radius 1 is 0.978 bits per heavy atom. The number of fused-ring (bicyclic) bond motifs is 1. The monoisotopic (exact) mass is 635 g/mol. The highest BCUT2D eigenvalue weighted by molar-refractivity contribution is 7.13. The zero-order chi connectivity index (χ0) is 32.3. The molecule has 0 bridgehead atoms. The molecule has 0 aliphatic rings. The standard InChI is InChI=1S/C31H28F3N7O3S/c1-17-16-45-30(37-17)39-25(26(42)22(35)13-18-6-3-2-4-7-18)28(44)40-29-38-23-14-20(27(36)43)10-11-24(23)41(29)15-19-8-5-9-21(12-19)31(32,33)34/h2-12,14,16,22,25H,13,15,35H2,1H3,(H2,36,43)(H,37,39)(H,38,40,44)/t22-,25-/m0/s1. The second-order valence-electron chi connectivity index (χ2n) is 10.3. The number of hydrogen-bond acceptors (Lipinski definition) is 8. The lowest BCUT2D eigenvalue weighted by Gasteiger charge is -2.21. The molecule has 0 fully saturated rings. The Balaban J connectivity index is 1.51. The molecule has 5 rings (SSSR count). The summed E-state index contributed by atoms with van der Waals surface area (Å²) in [6, 6.07) is 15.7. The van der Waals surface area contributed by atoms with Crippen molar-refractivity contribution in [2.45, 2.75) is 38.1 Å². The smallest absolute Gasteiger partial charge is 0.366 e. The van der Waals surface area contributed by atoms with Crippen LogP contribution in [0.2, 0.25) is 0 Å². The fraction of sp³-hybridized carbons (Fsp3) is 0.194. The summed E-state index contributed by atoms with van der Waals surface area (Å²) in [5.41, 5.74) is 13.4. The summed E-state index contributed by atoms with van der Waals surface area (Å²) in [6.45, 7) is 1.63. The van der Waals surface area contributed by atoms with Crippen molar-refractivity contribution in [3.8, 4) is 0 Å². The summed E-state index contributed by atoms with van der Waals surface area (Å²) in [5.74, 6) is -2.20. The molecule has 14 heteroatoms. The van der Waals surface area contributed by atoms with Crippen molar-refractivity contribution in [2.75, 3.05) is 10.6 Å². The average Bonchev–Trinajstić information content (AvgIpc) is 3.57. The Hall–Kier alpha value is -5.08. The van der Waals surface area contributed by atoms with Crippen molar-refractivity contribution in [3.63, 3.8) is 0 Å². The number of nitrogens with zero attached hydrogens (tertiary/aromatic N) is 3. The van der Waals surface area contributed by atoms with E-state index in [1.807, 2.05) is 30.3 Å². The van der Waals surface area contributed by atoms with Gasteiger partial charge in [0.2, 0.25) is 11.9 Å². The minimum Gasteiger partial charge on any atom is -0.366 e. The molecule has 2 atom stereocenters. The van der Waals surface area contributed by atoms with E-state index in [1.165, 1.54) is 46.2 Å². The fourth-order valence-corrected chi connectivity index (χ4v) is 5.46. The molecule has 2 heterocycles. The molecule has 3 aromatic carbocycles. The molecule has 0 aliphatic heterocycles. The van der Waals surface area contributed by atoms with E-state index in [0.29, 0.717) is 16.3 Å². The van der Waals surface area contributed by atoms with Gasteiger partial charge in [-0.1, -0.05) is 42.5 Å². The number of halogens is 3. The molecular formula is C31H28F3N7O3S. The number of anilines is 2. The number of rotatable bonds is 11. The van der Waals surface area contributed by atoms with Gasteiger partial charge in [-0.2, -0.15) is 13.2 Å². The van der Waals surface area contributed by atoms with Gasteiger partial charge >= 0.3 is 6.18 Å². The first kappa shape index (κ1) is 31.3. The second-order valence-corrected chi connectivity index (χ2v) is 11.2. The summed E-state index contributed by atoms with van der Waals surface area (Å²) in [7, 11) is 0. The number of carbonyl (C=O) groups excluding carboxylic acids is 3. The van der Waals surface area contributed by atoms with Crippen molar-refractivity contribution >= 4 is 51.0 Å². The van der Waals surface area contributed by atoms with E-state index in [9.17, 15) is 27.6 Å². The number of hydrogen-bond donors (Lipinski definition) is 4. The van der Waals surface area contributed by atoms with Gasteiger partial charge in [-0.05, 0) is 54.8 Å². The van der Waals surface area contributed by atoms with Gasteiger partial charge in [0.1, 0.15) is 0 Å². The molecular weight excluding hydrogens is 607 g/mol. The molecule has 0 saturated carbocycles. The van der Waals surface area contributed by atoms with Crippen LogP contribution in [0.25, 0.3) is 11.0 Å². The van der Waals surface area contributed by atoms with Crippen molar-refractivity contribution in [1.29, 1.82) is 0 Å². The molecule has 0 radical (unpaired) electrons. The molecule has 10 nitrogen and oxygen atoms in total. The van der Waals surface area contributed by atoms with E-state index >= 15 is 0 Å². The minimum atomic E-state index is -4.56. The summed E-state index contributed by atoms with van der Waals surface area (Å²) in [4.78, 5) is 48.0. The first-order valence-electron chi connectivity index (χ1n) is 13.7. The molecule has 0 saturated heterocycles. The predicted octanol–water partition coefficient (Wildman–Crippen LogP) is 4.53. The van der Waals surface area contributed by atoms with Crippen molar-refractivity contribution < 1.29 is 27.6 Å². The molecule has 5 aromatic rings. The first-order chi connectivity index (χ1) is 21.4. The number of thiazole rings is 1. The van der Waals surface area contributed by atoms with Gasteiger partial charge in [0.15, 0.2) is 17.0 Å². The first-order valence-corrected chi connectivity index (χ1v) is 14.6. The number of nitrogens with two attached hydrogens (primary N) is 2. The zero-order valence-electron chi connectivity index (χ0n) is 23.8. The van der Waals surface area contributed by atoms with Crippen molar-refractivity contribution in [2.24, 2.45) is 11.5 Å². The predicted molar refractivity (Wildman–Crippen MR) is 165 cm³/mol. The third kappa shape index (κ3) is 7.36. The molecule has 45 heavy (non-hydrogen) atoms. The number of primary amides is 1. The van der Waals surface area contributed by atoms with Crippen LogP contribution in [-0.4, -0.2) is 44.2 Å². The van der Waals surface area contributed by atoms with Crippen molar-refractivity contribution in [1.82, 2.24) is 14.5 Å². The molecule has 6 N–H and O–H groups in total. The highest BCUT2D eigenvalue weighted by atomic mass is 32.1. The number of aryl methyl sites for hydroxylation is 1. The van der Waals surface area contributed by atoms with Crippen LogP contribution in [0.3, 0.4) is 0 Å². The van der Waals surface area contributed by atoms with Crippen LogP contribution in [0.5, 0.6) is 0 Å². The summed E-state index contributed by atoms with van der Waals surface area (Å²) >= 11 is 1.20. The lowest BCUT2D eigenvalue weighted by Crippen LogP contribution is -2.50. The maximum absolute atomic E-state index is 13.8. The highest BCUT2D eigenvalue weighted by Crippen LogP contribution is 2.31. The van der Waals surface area contributed by atoms with Gasteiger partial charge in [0.25, 0.3) is 5.91 Å². The minimum absolute atomic E-state index is 0.0689. The van der Waals surface area contributed by atoms with Crippen molar-refractivity contribution in [3.05, 3.63) is 106 Å². The number of imidazole rings is 1. The van der Waals surface area contributed by atoms with Gasteiger partial charge in [-0.15, -0.1) is 11.3 Å². The third-order valence-corrected chi connectivity index (χ3v) is 7.85. The maximum Gasteiger partial charge on any atom is 0.416 e. The molecule has 232 valence electrons. The van der Waals surface area contributed by atoms with Gasteiger partial charge < -0.3 is 21.4 Å². The van der Waals surface area contributed by atoms with E-state index in [1.54, 1.807) is 12.3 Å². The average molecular weight is 636 g/mol. The Bertz CT molecular complexity index is 1870. The summed E-state index contributed by atoms with van der Waals surface area (Å²) < 4.78 is 41.8. The normalized spacial score (nSPS) is 12.9. The Morgan fingerprint density at radius 2 is 1.71 bits per heavy atom. The van der Waals surface area contributed by atoms with Gasteiger partial charge in [0, 0.05) is 10.9 Å². The van der Waals surface area contributed by atoms with Crippen LogP contribution >= 0.6 is 11.3 Å². The quantitative estimate of drug-likeness (QED) is 0.155. The summed E-state index contributed by atoms with van der Waals surface area (Å²) in [5, 5.41) is 7.60. The Labute approximate surface area is 259 Å². The number of nitrogens with one attached hydrogen (secondary N) is 2. The molecule has 2 amide bonds. The topological polar surface area (TPSA) is 158 Å². The third-order valence-electron chi connectivity index (χ3n) is 6.96. The lowest BCUT2D eigenvalue weighted by molar-refractivity contribution is -0.137. The van der Waals surface area contributed by atoms with E-state index in [-0.39, 0.29) is 35.6 Å². The Kier molecular flexibility index (Phi) is 8.97. The number of aromatic nitrogens is 3. The van der Waals surface area contributed by atoms with E-state index in [0.717, 1.165) is 17.7 Å². The van der Waals surface area contributed by atoms with E-state index < -0.39 is 41.4 Å². The SMILES string of the molecule is Cc1csc(N[C@H](C(=O)Nc2nc3cc(C(N)=O)ccc3n2Cc2cccc(C(F)(F)F)c2)C(=O)[C@@H](N)Cc2ccccc2)n1. The van der Waals surface area contributed by atoms with Crippen LogP contribution < -0.4 is 22.1 Å². The van der Waals surface area contributed by atoms with Gasteiger partial charge in [-0.3, -0.25) is 19.7 Å². The maximum atomic E-state index is 13.8. The van der Waals surface area contributed by atoms with Crippen LogP contribution in [0, 0.1) is 6.92 Å². The fourth-order valence-electron chi connectivity index (χ4n) is 4.74. The molecule has 0 spiro atoms. The number of Topliss-reactive ketones (excluding diaryl/α,β-unsaturated/α-hetero) is 1. The zero-order valence-corrected chi connectivity index (χ0v) is 24.7. The Morgan fingerprint density at radius 3 is 2.38 bits per heavy atom. The number of carbonyl (C=O) groups is 3.